The highest BCUT2D eigenvalue weighted by atomic mass is 15.4. The third-order valence-electron chi connectivity index (χ3n) is 2.10. The van der Waals surface area contributed by atoms with Crippen LogP contribution in [0.15, 0.2) is 18.5 Å². The summed E-state index contributed by atoms with van der Waals surface area (Å²) in [4.78, 5) is 0. The van der Waals surface area contributed by atoms with Crippen LogP contribution in [0.5, 0.6) is 0 Å². The standard InChI is InChI=1S/C11H20N4/c1-9(2)5-6-12-10(3)7-15-8-11(4)13-14-15/h8-9,12H,3,5-7H2,1-2,4H3. The molecule has 15 heavy (non-hydrogen) atoms. The molecule has 0 aliphatic heterocycles. The van der Waals surface area contributed by atoms with E-state index in [1.165, 1.54) is 0 Å². The summed E-state index contributed by atoms with van der Waals surface area (Å²) in [5.74, 6) is 0.721. The van der Waals surface area contributed by atoms with Gasteiger partial charge in [-0.3, -0.25) is 0 Å². The average molecular weight is 208 g/mol. The second-order valence-electron chi connectivity index (χ2n) is 4.27. The normalized spacial score (nSPS) is 10.7. The van der Waals surface area contributed by atoms with Gasteiger partial charge in [-0.05, 0) is 19.3 Å². The number of hydrogen-bond donors (Lipinski definition) is 1. The smallest absolute Gasteiger partial charge is 0.0817 e. The molecule has 0 atom stereocenters. The van der Waals surface area contributed by atoms with Gasteiger partial charge in [-0.15, -0.1) is 5.10 Å². The zero-order valence-corrected chi connectivity index (χ0v) is 9.82. The maximum atomic E-state index is 3.96. The second-order valence-corrected chi connectivity index (χ2v) is 4.27. The van der Waals surface area contributed by atoms with Crippen molar-refractivity contribution in [3.8, 4) is 0 Å². The van der Waals surface area contributed by atoms with Crippen LogP contribution in [-0.4, -0.2) is 21.5 Å². The highest BCUT2D eigenvalue weighted by Gasteiger charge is 1.99. The SMILES string of the molecule is C=C(Cn1cc(C)nn1)NCCC(C)C. The zero-order chi connectivity index (χ0) is 11.3. The van der Waals surface area contributed by atoms with Gasteiger partial charge >= 0.3 is 0 Å². The summed E-state index contributed by atoms with van der Waals surface area (Å²) in [7, 11) is 0. The number of rotatable bonds is 6. The Balaban J connectivity index is 2.24. The van der Waals surface area contributed by atoms with E-state index in [0.717, 1.165) is 30.3 Å². The van der Waals surface area contributed by atoms with E-state index in [4.69, 9.17) is 0 Å². The molecule has 1 heterocycles. The molecule has 0 radical (unpaired) electrons. The molecule has 0 fully saturated rings. The molecular weight excluding hydrogens is 188 g/mol. The van der Waals surface area contributed by atoms with Crippen molar-refractivity contribution in [3.05, 3.63) is 24.2 Å². The first kappa shape index (κ1) is 11.8. The number of aromatic nitrogens is 3. The van der Waals surface area contributed by atoms with Crippen molar-refractivity contribution in [3.63, 3.8) is 0 Å². The van der Waals surface area contributed by atoms with Crippen LogP contribution in [0.1, 0.15) is 26.0 Å². The fourth-order valence-electron chi connectivity index (χ4n) is 1.26. The van der Waals surface area contributed by atoms with Gasteiger partial charge < -0.3 is 5.32 Å². The van der Waals surface area contributed by atoms with Crippen molar-refractivity contribution in [1.29, 1.82) is 0 Å². The second kappa shape index (κ2) is 5.53. The van der Waals surface area contributed by atoms with E-state index in [1.807, 2.05) is 13.1 Å². The molecule has 4 nitrogen and oxygen atoms in total. The molecule has 0 saturated carbocycles. The maximum absolute atomic E-state index is 3.96. The summed E-state index contributed by atoms with van der Waals surface area (Å²) >= 11 is 0. The molecule has 0 spiro atoms. The van der Waals surface area contributed by atoms with Crippen molar-refractivity contribution in [1.82, 2.24) is 20.3 Å². The quantitative estimate of drug-likeness (QED) is 0.774. The number of aryl methyl sites for hydroxylation is 1. The summed E-state index contributed by atoms with van der Waals surface area (Å²) in [6, 6.07) is 0. The zero-order valence-electron chi connectivity index (χ0n) is 9.82. The van der Waals surface area contributed by atoms with Crippen LogP contribution in [0.3, 0.4) is 0 Å². The molecule has 0 aromatic carbocycles. The van der Waals surface area contributed by atoms with Gasteiger partial charge in [-0.1, -0.05) is 25.6 Å². The molecule has 0 aliphatic carbocycles. The molecule has 0 bridgehead atoms. The van der Waals surface area contributed by atoms with Crippen molar-refractivity contribution >= 4 is 0 Å². The van der Waals surface area contributed by atoms with Crippen molar-refractivity contribution in [2.75, 3.05) is 6.54 Å². The van der Waals surface area contributed by atoms with E-state index in [9.17, 15) is 0 Å². The highest BCUT2D eigenvalue weighted by Crippen LogP contribution is 1.99. The van der Waals surface area contributed by atoms with E-state index < -0.39 is 0 Å². The van der Waals surface area contributed by atoms with Gasteiger partial charge in [0, 0.05) is 18.4 Å². The summed E-state index contributed by atoms with van der Waals surface area (Å²) in [6.45, 7) is 12.0. The minimum Gasteiger partial charge on any atom is -0.387 e. The van der Waals surface area contributed by atoms with Crippen molar-refractivity contribution in [2.24, 2.45) is 5.92 Å². The van der Waals surface area contributed by atoms with Gasteiger partial charge in [0.25, 0.3) is 0 Å². The van der Waals surface area contributed by atoms with Gasteiger partial charge in [-0.2, -0.15) is 0 Å². The Kier molecular flexibility index (Phi) is 4.34. The van der Waals surface area contributed by atoms with Crippen LogP contribution < -0.4 is 5.32 Å². The van der Waals surface area contributed by atoms with Crippen molar-refractivity contribution in [2.45, 2.75) is 33.7 Å². The van der Waals surface area contributed by atoms with E-state index in [2.05, 4.69) is 36.1 Å². The van der Waals surface area contributed by atoms with Gasteiger partial charge in [0.15, 0.2) is 0 Å². The largest absolute Gasteiger partial charge is 0.387 e. The van der Waals surface area contributed by atoms with Crippen LogP contribution in [-0.2, 0) is 6.54 Å². The van der Waals surface area contributed by atoms with Crippen LogP contribution in [0.4, 0.5) is 0 Å². The van der Waals surface area contributed by atoms with Crippen LogP contribution in [0.2, 0.25) is 0 Å². The molecule has 0 aliphatic rings. The Hall–Kier alpha value is -1.32. The molecule has 1 rings (SSSR count). The molecule has 0 saturated heterocycles. The predicted molar refractivity (Wildman–Crippen MR) is 61.4 cm³/mol. The summed E-state index contributed by atoms with van der Waals surface area (Å²) in [5.41, 5.74) is 1.92. The first-order valence-corrected chi connectivity index (χ1v) is 5.36. The minimum absolute atomic E-state index is 0.693. The van der Waals surface area contributed by atoms with E-state index in [0.29, 0.717) is 6.54 Å². The highest BCUT2D eigenvalue weighted by molar-refractivity contribution is 4.94. The maximum Gasteiger partial charge on any atom is 0.0817 e. The fraction of sp³-hybridized carbons (Fsp3) is 0.636. The molecule has 0 unspecified atom stereocenters. The summed E-state index contributed by atoms with van der Waals surface area (Å²) < 4.78 is 1.79. The van der Waals surface area contributed by atoms with Gasteiger partial charge in [0.2, 0.25) is 0 Å². The first-order valence-electron chi connectivity index (χ1n) is 5.36. The molecule has 4 heteroatoms. The third kappa shape index (κ3) is 4.63. The van der Waals surface area contributed by atoms with Gasteiger partial charge in [0.1, 0.15) is 0 Å². The van der Waals surface area contributed by atoms with Crippen molar-refractivity contribution < 1.29 is 0 Å². The lowest BCUT2D eigenvalue weighted by molar-refractivity contribution is 0.541. The van der Waals surface area contributed by atoms with Crippen LogP contribution in [0, 0.1) is 12.8 Å². The Bertz CT molecular complexity index is 314. The number of nitrogens with one attached hydrogen (secondary N) is 1. The number of hydrogen-bond acceptors (Lipinski definition) is 3. The van der Waals surface area contributed by atoms with Gasteiger partial charge in [-0.25, -0.2) is 4.68 Å². The monoisotopic (exact) mass is 208 g/mol. The number of nitrogens with zero attached hydrogens (tertiary/aromatic N) is 3. The molecule has 84 valence electrons. The van der Waals surface area contributed by atoms with E-state index in [-0.39, 0.29) is 0 Å². The number of allylic oxidation sites excluding steroid dienone is 1. The average Bonchev–Trinajstić information content (AvgIpc) is 2.50. The molecular formula is C11H20N4. The van der Waals surface area contributed by atoms with E-state index >= 15 is 0 Å². The molecule has 1 N–H and O–H groups in total. The lowest BCUT2D eigenvalue weighted by Gasteiger charge is -2.10. The fourth-order valence-corrected chi connectivity index (χ4v) is 1.26. The summed E-state index contributed by atoms with van der Waals surface area (Å²) in [6.07, 6.45) is 3.07. The first-order chi connectivity index (χ1) is 7.08. The van der Waals surface area contributed by atoms with Crippen LogP contribution >= 0.6 is 0 Å². The third-order valence-corrected chi connectivity index (χ3v) is 2.10. The molecule has 1 aromatic heterocycles. The van der Waals surface area contributed by atoms with Crippen LogP contribution in [0.25, 0.3) is 0 Å². The lowest BCUT2D eigenvalue weighted by atomic mass is 10.1. The topological polar surface area (TPSA) is 42.7 Å². The Morgan fingerprint density at radius 2 is 2.33 bits per heavy atom. The molecule has 1 aromatic rings. The molecule has 0 amide bonds. The van der Waals surface area contributed by atoms with Gasteiger partial charge in [0.05, 0.1) is 12.2 Å². The Morgan fingerprint density at radius 3 is 2.87 bits per heavy atom. The Morgan fingerprint density at radius 1 is 1.60 bits per heavy atom. The minimum atomic E-state index is 0.693. The Labute approximate surface area is 91.4 Å². The summed E-state index contributed by atoms with van der Waals surface area (Å²) in [5, 5.41) is 11.2. The van der Waals surface area contributed by atoms with E-state index in [1.54, 1.807) is 4.68 Å². The lowest BCUT2D eigenvalue weighted by Crippen LogP contribution is -2.19. The predicted octanol–water partition coefficient (Wildman–Crippen LogP) is 1.74.